The van der Waals surface area contributed by atoms with Gasteiger partial charge in [-0.05, 0) is 229 Å². The number of benzene rings is 19. The molecule has 23 aromatic rings. The van der Waals surface area contributed by atoms with Crippen molar-refractivity contribution in [3.63, 3.8) is 0 Å². The zero-order chi connectivity index (χ0) is 80.3. The lowest BCUT2D eigenvalue weighted by Gasteiger charge is -2.37. The summed E-state index contributed by atoms with van der Waals surface area (Å²) in [6.07, 6.45) is 0. The molecule has 23 rings (SSSR count). The summed E-state index contributed by atoms with van der Waals surface area (Å²) in [7, 11) is 0. The number of nitrogens with zero attached hydrogens (tertiary/aromatic N) is 5. The lowest BCUT2D eigenvalue weighted by Crippen LogP contribution is -2.31. The summed E-state index contributed by atoms with van der Waals surface area (Å²) < 4.78 is 9.55. The minimum atomic E-state index is -0.512. The van der Waals surface area contributed by atoms with Crippen molar-refractivity contribution >= 4 is 87.2 Å². The molecule has 0 aliphatic carbocycles. The highest BCUT2D eigenvalue weighted by molar-refractivity contribution is 6.15. The van der Waals surface area contributed by atoms with E-state index in [9.17, 15) is 5.26 Å². The van der Waals surface area contributed by atoms with Crippen LogP contribution in [0.15, 0.2) is 467 Å². The van der Waals surface area contributed by atoms with Gasteiger partial charge in [0.25, 0.3) is 0 Å². The van der Waals surface area contributed by atoms with E-state index >= 15 is 0 Å². The summed E-state index contributed by atoms with van der Waals surface area (Å²) in [5.74, 6) is 0. The van der Waals surface area contributed by atoms with Crippen LogP contribution in [0.25, 0.3) is 177 Å². The van der Waals surface area contributed by atoms with E-state index in [4.69, 9.17) is 0 Å². The van der Waals surface area contributed by atoms with E-state index in [1.54, 1.807) is 0 Å². The fourth-order valence-corrected chi connectivity index (χ4v) is 18.9. The van der Waals surface area contributed by atoms with Crippen LogP contribution >= 0.6 is 0 Å². The minimum absolute atomic E-state index is 0.512. The molecule has 0 amide bonds. The molecule has 5 heteroatoms. The molecule has 0 radical (unpaired) electrons. The molecule has 4 aromatic heterocycles. The Balaban J connectivity index is 0.000000151. The standard InChI is InChI=1S/C67H46N2.C49H31N3/c1-5-18-47(19-6-1)48-32-38-57(39-33-48)68-63-30-15-13-28-59(63)61-45-51(36-42-65(61)68)52-37-43-66-62(46-52)60-29-14-16-31-64(60)69(66)58-40-34-49(35-41-58)50-20-17-27-56(44-50)67(53-21-7-2-8-22-53,54-23-9-3-10-24-54)55-25-11-4-12-26-55;50-32-33-14-16-35(17-15-33)37-20-26-41(27-21-37)52-47-13-7-5-11-43(47)45-31-39(23-29-49(45)52)38-22-28-48-44(30-38)42-10-4-6-12-46(42)51(48)40-24-18-36(19-25-40)34-8-2-1-3-9-34/h1-46H;1-31H. The van der Waals surface area contributed by atoms with Gasteiger partial charge in [-0.2, -0.15) is 5.26 Å². The third-order valence-corrected chi connectivity index (χ3v) is 24.7. The number of nitriles is 1. The Morgan fingerprint density at radius 3 is 0.653 bits per heavy atom. The van der Waals surface area contributed by atoms with Crippen molar-refractivity contribution in [2.24, 2.45) is 0 Å². The van der Waals surface area contributed by atoms with Gasteiger partial charge in [0.2, 0.25) is 0 Å². The van der Waals surface area contributed by atoms with Crippen molar-refractivity contribution in [1.82, 2.24) is 18.3 Å². The summed E-state index contributed by atoms with van der Waals surface area (Å²) in [5, 5.41) is 19.1. The van der Waals surface area contributed by atoms with E-state index in [0.717, 1.165) is 33.9 Å². The Hall–Kier alpha value is -16.1. The first-order chi connectivity index (χ1) is 59.9. The van der Waals surface area contributed by atoms with Crippen molar-refractivity contribution in [3.05, 3.63) is 495 Å². The van der Waals surface area contributed by atoms with E-state index in [-0.39, 0.29) is 0 Å². The molecule has 19 aromatic carbocycles. The summed E-state index contributed by atoms with van der Waals surface area (Å²) in [4.78, 5) is 0. The molecule has 5 nitrogen and oxygen atoms in total. The van der Waals surface area contributed by atoms with Crippen LogP contribution < -0.4 is 0 Å². The highest BCUT2D eigenvalue weighted by Gasteiger charge is 2.38. The van der Waals surface area contributed by atoms with E-state index in [0.29, 0.717) is 5.56 Å². The molecule has 4 heterocycles. The molecule has 0 unspecified atom stereocenters. The summed E-state index contributed by atoms with van der Waals surface area (Å²) in [6.45, 7) is 0. The minimum Gasteiger partial charge on any atom is -0.309 e. The van der Waals surface area contributed by atoms with Crippen molar-refractivity contribution in [3.8, 4) is 95.6 Å². The predicted octanol–water partition coefficient (Wildman–Crippen LogP) is 30.0. The van der Waals surface area contributed by atoms with Crippen molar-refractivity contribution < 1.29 is 0 Å². The highest BCUT2D eigenvalue weighted by Crippen LogP contribution is 2.48. The molecule has 121 heavy (non-hydrogen) atoms. The maximum Gasteiger partial charge on any atom is 0.0991 e. The zero-order valence-electron chi connectivity index (χ0n) is 66.2. The quantitative estimate of drug-likeness (QED) is 0.100. The van der Waals surface area contributed by atoms with Crippen LogP contribution in [0, 0.1) is 11.3 Å². The molecule has 0 N–H and O–H groups in total. The number of hydrogen-bond acceptors (Lipinski definition) is 1. The van der Waals surface area contributed by atoms with Gasteiger partial charge in [-0.25, -0.2) is 0 Å². The number of para-hydroxylation sites is 4. The van der Waals surface area contributed by atoms with Gasteiger partial charge in [0.15, 0.2) is 0 Å². The number of rotatable bonds is 14. The van der Waals surface area contributed by atoms with Gasteiger partial charge >= 0.3 is 0 Å². The second-order valence-corrected chi connectivity index (χ2v) is 31.4. The van der Waals surface area contributed by atoms with Gasteiger partial charge in [-0.3, -0.25) is 0 Å². The van der Waals surface area contributed by atoms with Gasteiger partial charge < -0.3 is 18.3 Å². The predicted molar refractivity (Wildman–Crippen MR) is 506 cm³/mol. The Bertz CT molecular complexity index is 7770. The second-order valence-electron chi connectivity index (χ2n) is 31.4. The van der Waals surface area contributed by atoms with Gasteiger partial charge in [0.05, 0.1) is 61.2 Å². The Morgan fingerprint density at radius 1 is 0.157 bits per heavy atom. The van der Waals surface area contributed by atoms with Gasteiger partial charge in [-0.15, -0.1) is 0 Å². The van der Waals surface area contributed by atoms with Crippen LogP contribution in [0.1, 0.15) is 27.8 Å². The highest BCUT2D eigenvalue weighted by atomic mass is 15.0. The van der Waals surface area contributed by atoms with E-state index < -0.39 is 5.41 Å². The molecular formula is C116H77N5. The summed E-state index contributed by atoms with van der Waals surface area (Å²) >= 11 is 0. The van der Waals surface area contributed by atoms with Crippen molar-refractivity contribution in [1.29, 1.82) is 5.26 Å². The average Bonchev–Trinajstić information content (AvgIpc) is 1.38. The molecule has 0 saturated carbocycles. The van der Waals surface area contributed by atoms with Crippen LogP contribution in [0.4, 0.5) is 0 Å². The monoisotopic (exact) mass is 1540 g/mol. The largest absolute Gasteiger partial charge is 0.309 e. The zero-order valence-corrected chi connectivity index (χ0v) is 66.2. The summed E-state index contributed by atoms with van der Waals surface area (Å²) in [5.41, 5.74) is 33.4. The van der Waals surface area contributed by atoms with Crippen LogP contribution in [0.3, 0.4) is 0 Å². The first-order valence-corrected chi connectivity index (χ1v) is 41.4. The number of fused-ring (bicyclic) bond motifs is 12. The lowest BCUT2D eigenvalue weighted by molar-refractivity contribution is 0.745. The lowest BCUT2D eigenvalue weighted by atomic mass is 9.65. The van der Waals surface area contributed by atoms with Gasteiger partial charge in [0.1, 0.15) is 0 Å². The molecule has 0 atom stereocenters. The van der Waals surface area contributed by atoms with E-state index in [1.807, 2.05) is 24.3 Å². The summed E-state index contributed by atoms with van der Waals surface area (Å²) in [6, 6.07) is 171. The molecule has 0 spiro atoms. The van der Waals surface area contributed by atoms with Crippen LogP contribution in [0.2, 0.25) is 0 Å². The third kappa shape index (κ3) is 12.5. The fourth-order valence-electron chi connectivity index (χ4n) is 18.9. The van der Waals surface area contributed by atoms with Gasteiger partial charge in [-0.1, -0.05) is 328 Å². The third-order valence-electron chi connectivity index (χ3n) is 24.7. The van der Waals surface area contributed by atoms with E-state index in [1.165, 1.54) is 165 Å². The first kappa shape index (κ1) is 71.4. The van der Waals surface area contributed by atoms with E-state index in [2.05, 4.69) is 467 Å². The SMILES string of the molecule is N#Cc1ccc(-c2ccc(-n3c4ccccc4c4cc(-c5ccc6c(c5)c5ccccc5n6-c5ccc(-c6ccccc6)cc5)ccc43)cc2)cc1.c1ccc(-c2ccc(-n3c4ccccc4c4cc(-c5ccc6c(c5)c5ccccc5n6-c5ccc(-c6cccc(C(c7ccccc7)(c7ccccc7)c7ccccc7)c6)cc5)ccc43)cc2)cc1. The molecule has 0 saturated heterocycles. The molecule has 0 aliphatic rings. The smallest absolute Gasteiger partial charge is 0.0991 e. The topological polar surface area (TPSA) is 43.5 Å². The van der Waals surface area contributed by atoms with Crippen LogP contribution in [-0.2, 0) is 5.41 Å². The molecule has 566 valence electrons. The fraction of sp³-hybridized carbons (Fsp3) is 0.00862. The molecular weight excluding hydrogens is 1460 g/mol. The van der Waals surface area contributed by atoms with Gasteiger partial charge in [0, 0.05) is 65.8 Å². The number of aromatic nitrogens is 4. The second kappa shape index (κ2) is 30.2. The Kier molecular flexibility index (Phi) is 17.8. The maximum absolute atomic E-state index is 9.20. The van der Waals surface area contributed by atoms with Crippen LogP contribution in [-0.4, -0.2) is 18.3 Å². The molecule has 0 aliphatic heterocycles. The Morgan fingerprint density at radius 2 is 0.364 bits per heavy atom. The van der Waals surface area contributed by atoms with Crippen molar-refractivity contribution in [2.45, 2.75) is 5.41 Å². The molecule has 0 bridgehead atoms. The van der Waals surface area contributed by atoms with Crippen LogP contribution in [0.5, 0.6) is 0 Å². The maximum atomic E-state index is 9.20. The first-order valence-electron chi connectivity index (χ1n) is 41.4. The van der Waals surface area contributed by atoms with Crippen molar-refractivity contribution in [2.75, 3.05) is 0 Å². The normalized spacial score (nSPS) is 11.6. The number of hydrogen-bond donors (Lipinski definition) is 0. The molecule has 0 fully saturated rings. The average molecular weight is 1540 g/mol. The Labute approximate surface area is 701 Å².